The van der Waals surface area contributed by atoms with Crippen molar-refractivity contribution in [3.8, 4) is 0 Å². The first-order valence-electron chi connectivity index (χ1n) is 7.53. The second-order valence-corrected chi connectivity index (χ2v) is 5.42. The molecule has 1 aromatic heterocycles. The van der Waals surface area contributed by atoms with Gasteiger partial charge in [-0.15, -0.1) is 0 Å². The predicted octanol–water partition coefficient (Wildman–Crippen LogP) is 3.24. The van der Waals surface area contributed by atoms with Gasteiger partial charge in [-0.05, 0) is 32.6 Å². The topological polar surface area (TPSA) is 41.1 Å². The number of hydrogen-bond donors (Lipinski definition) is 1. The fraction of sp³-hybridized carbons (Fsp3) is 0.733. The largest absolute Gasteiger partial charge is 0.373 e. The number of nitrogens with zero attached hydrogens (tertiary/aromatic N) is 3. The quantitative estimate of drug-likeness (QED) is 0.884. The molecule has 2 atom stereocenters. The van der Waals surface area contributed by atoms with E-state index in [9.17, 15) is 0 Å². The third-order valence-electron chi connectivity index (χ3n) is 4.01. The average Bonchev–Trinajstić information content (AvgIpc) is 2.79. The van der Waals surface area contributed by atoms with Gasteiger partial charge in [-0.1, -0.05) is 13.8 Å². The summed E-state index contributed by atoms with van der Waals surface area (Å²) < 4.78 is 0. The van der Waals surface area contributed by atoms with E-state index >= 15 is 0 Å². The standard InChI is InChI=1S/C15H26N4/c1-5-7-13-17-14(16-4)10-15(18-13)19-11(3)8-9-12(19)6-2/h10-12H,5-9H2,1-4H3,(H,16,17,18). The molecule has 0 saturated carbocycles. The second kappa shape index (κ2) is 6.22. The van der Waals surface area contributed by atoms with E-state index in [2.05, 4.69) is 42.0 Å². The van der Waals surface area contributed by atoms with Crippen LogP contribution >= 0.6 is 0 Å². The van der Waals surface area contributed by atoms with Crippen molar-refractivity contribution in [3.05, 3.63) is 11.9 Å². The first-order chi connectivity index (χ1) is 9.19. The molecule has 0 radical (unpaired) electrons. The Balaban J connectivity index is 2.34. The van der Waals surface area contributed by atoms with E-state index in [-0.39, 0.29) is 0 Å². The van der Waals surface area contributed by atoms with Crippen LogP contribution < -0.4 is 10.2 Å². The highest BCUT2D eigenvalue weighted by Gasteiger charge is 2.30. The van der Waals surface area contributed by atoms with Crippen LogP contribution in [0.5, 0.6) is 0 Å². The molecule has 1 aromatic rings. The van der Waals surface area contributed by atoms with Gasteiger partial charge in [0, 0.05) is 31.6 Å². The summed E-state index contributed by atoms with van der Waals surface area (Å²) in [6, 6.07) is 3.30. The smallest absolute Gasteiger partial charge is 0.134 e. The third kappa shape index (κ3) is 2.99. The number of aromatic nitrogens is 2. The molecule has 1 N–H and O–H groups in total. The molecule has 1 aliphatic rings. The summed E-state index contributed by atoms with van der Waals surface area (Å²) in [5, 5.41) is 3.16. The van der Waals surface area contributed by atoms with Crippen LogP contribution in [0.3, 0.4) is 0 Å². The first kappa shape index (κ1) is 14.1. The van der Waals surface area contributed by atoms with Gasteiger partial charge in [-0.25, -0.2) is 9.97 Å². The SMILES string of the molecule is CCCc1nc(NC)cc(N2C(C)CCC2CC)n1. The lowest BCUT2D eigenvalue weighted by Gasteiger charge is -2.29. The summed E-state index contributed by atoms with van der Waals surface area (Å²) in [6.45, 7) is 6.74. The highest BCUT2D eigenvalue weighted by atomic mass is 15.3. The van der Waals surface area contributed by atoms with Crippen molar-refractivity contribution >= 4 is 11.6 Å². The third-order valence-corrected chi connectivity index (χ3v) is 4.01. The maximum Gasteiger partial charge on any atom is 0.134 e. The fourth-order valence-corrected chi connectivity index (χ4v) is 2.96. The molecule has 2 unspecified atom stereocenters. The van der Waals surface area contributed by atoms with Crippen molar-refractivity contribution in [2.24, 2.45) is 0 Å². The van der Waals surface area contributed by atoms with Crippen molar-refractivity contribution in [1.82, 2.24) is 9.97 Å². The van der Waals surface area contributed by atoms with Crippen LogP contribution in [0, 0.1) is 0 Å². The van der Waals surface area contributed by atoms with Gasteiger partial charge in [-0.2, -0.15) is 0 Å². The van der Waals surface area contributed by atoms with Crippen LogP contribution in [-0.4, -0.2) is 29.1 Å². The molecular formula is C15H26N4. The maximum absolute atomic E-state index is 4.78. The van der Waals surface area contributed by atoms with Gasteiger partial charge in [0.15, 0.2) is 0 Å². The normalized spacial score (nSPS) is 22.8. The zero-order valence-electron chi connectivity index (χ0n) is 12.6. The average molecular weight is 262 g/mol. The van der Waals surface area contributed by atoms with Crippen LogP contribution in [0.4, 0.5) is 11.6 Å². The molecule has 106 valence electrons. The zero-order chi connectivity index (χ0) is 13.8. The van der Waals surface area contributed by atoms with Crippen molar-refractivity contribution in [2.75, 3.05) is 17.3 Å². The molecule has 0 amide bonds. The number of hydrogen-bond acceptors (Lipinski definition) is 4. The van der Waals surface area contributed by atoms with E-state index in [1.165, 1.54) is 19.3 Å². The minimum Gasteiger partial charge on any atom is -0.373 e. The van der Waals surface area contributed by atoms with Crippen LogP contribution in [0.2, 0.25) is 0 Å². The molecule has 0 aromatic carbocycles. The first-order valence-corrected chi connectivity index (χ1v) is 7.53. The number of aryl methyl sites for hydroxylation is 1. The molecule has 0 bridgehead atoms. The van der Waals surface area contributed by atoms with Gasteiger partial charge in [0.05, 0.1) is 0 Å². The van der Waals surface area contributed by atoms with Crippen LogP contribution in [-0.2, 0) is 6.42 Å². The molecule has 2 heterocycles. The second-order valence-electron chi connectivity index (χ2n) is 5.42. The number of rotatable bonds is 5. The lowest BCUT2D eigenvalue weighted by atomic mass is 10.1. The summed E-state index contributed by atoms with van der Waals surface area (Å²) in [4.78, 5) is 11.8. The van der Waals surface area contributed by atoms with Gasteiger partial charge in [0.2, 0.25) is 0 Å². The highest BCUT2D eigenvalue weighted by molar-refractivity contribution is 5.51. The Hall–Kier alpha value is -1.32. The van der Waals surface area contributed by atoms with E-state index in [1.54, 1.807) is 0 Å². The van der Waals surface area contributed by atoms with Crippen LogP contribution in [0.25, 0.3) is 0 Å². The summed E-state index contributed by atoms with van der Waals surface area (Å²) in [5.74, 6) is 2.99. The Morgan fingerprint density at radius 1 is 1.32 bits per heavy atom. The van der Waals surface area contributed by atoms with Crippen molar-refractivity contribution in [1.29, 1.82) is 0 Å². The van der Waals surface area contributed by atoms with E-state index < -0.39 is 0 Å². The molecule has 0 aliphatic carbocycles. The van der Waals surface area contributed by atoms with Crippen molar-refractivity contribution in [3.63, 3.8) is 0 Å². The molecule has 2 rings (SSSR count). The summed E-state index contributed by atoms with van der Waals surface area (Å²) >= 11 is 0. The van der Waals surface area contributed by atoms with E-state index in [0.29, 0.717) is 12.1 Å². The number of nitrogens with one attached hydrogen (secondary N) is 1. The molecule has 4 heteroatoms. The summed E-state index contributed by atoms with van der Waals surface area (Å²) in [5.41, 5.74) is 0. The fourth-order valence-electron chi connectivity index (χ4n) is 2.96. The van der Waals surface area contributed by atoms with Gasteiger partial charge in [0.1, 0.15) is 17.5 Å². The lowest BCUT2D eigenvalue weighted by Crippen LogP contribution is -2.35. The van der Waals surface area contributed by atoms with Gasteiger partial charge < -0.3 is 10.2 Å². The lowest BCUT2D eigenvalue weighted by molar-refractivity contribution is 0.618. The molecule has 1 saturated heterocycles. The molecule has 0 spiro atoms. The van der Waals surface area contributed by atoms with Crippen molar-refractivity contribution < 1.29 is 0 Å². The van der Waals surface area contributed by atoms with Crippen LogP contribution in [0.15, 0.2) is 6.07 Å². The summed E-state index contributed by atoms with van der Waals surface area (Å²) in [6.07, 6.45) is 5.76. The van der Waals surface area contributed by atoms with E-state index in [0.717, 1.165) is 30.3 Å². The maximum atomic E-state index is 4.78. The Morgan fingerprint density at radius 2 is 2.11 bits per heavy atom. The predicted molar refractivity (Wildman–Crippen MR) is 80.8 cm³/mol. The highest BCUT2D eigenvalue weighted by Crippen LogP contribution is 2.31. The van der Waals surface area contributed by atoms with E-state index in [4.69, 9.17) is 4.98 Å². The molecular weight excluding hydrogens is 236 g/mol. The molecule has 4 nitrogen and oxygen atoms in total. The zero-order valence-corrected chi connectivity index (χ0v) is 12.6. The Kier molecular flexibility index (Phi) is 4.61. The van der Waals surface area contributed by atoms with Crippen molar-refractivity contribution in [2.45, 2.75) is 65.0 Å². The van der Waals surface area contributed by atoms with E-state index in [1.807, 2.05) is 7.05 Å². The Bertz CT molecular complexity index is 419. The molecule has 1 aliphatic heterocycles. The van der Waals surface area contributed by atoms with Gasteiger partial charge in [-0.3, -0.25) is 0 Å². The Labute approximate surface area is 116 Å². The summed E-state index contributed by atoms with van der Waals surface area (Å²) in [7, 11) is 1.92. The molecule has 1 fully saturated rings. The molecule has 19 heavy (non-hydrogen) atoms. The van der Waals surface area contributed by atoms with Gasteiger partial charge >= 0.3 is 0 Å². The minimum atomic E-state index is 0.582. The Morgan fingerprint density at radius 3 is 2.74 bits per heavy atom. The van der Waals surface area contributed by atoms with Crippen LogP contribution in [0.1, 0.15) is 52.3 Å². The number of anilines is 2. The monoisotopic (exact) mass is 262 g/mol. The van der Waals surface area contributed by atoms with Gasteiger partial charge in [0.25, 0.3) is 0 Å². The minimum absolute atomic E-state index is 0.582.